The number of nitrogens with zero attached hydrogens (tertiary/aromatic N) is 3. The van der Waals surface area contributed by atoms with Crippen molar-refractivity contribution < 1.29 is 0 Å². The smallest absolute Gasteiger partial charge is 0.163 e. The van der Waals surface area contributed by atoms with E-state index in [1.54, 1.807) is 12.1 Å². The second-order valence-electron chi connectivity index (χ2n) is 6.10. The van der Waals surface area contributed by atoms with Crippen LogP contribution in [0.1, 0.15) is 25.8 Å². The molecule has 0 radical (unpaired) electrons. The number of benzene rings is 2. The molecule has 130 valence electrons. The average molecular weight is 343 g/mol. The van der Waals surface area contributed by atoms with E-state index in [9.17, 15) is 0 Å². The Bertz CT molecular complexity index is 915. The Labute approximate surface area is 153 Å². The Hall–Kier alpha value is -3.39. The molecule has 26 heavy (non-hydrogen) atoms. The van der Waals surface area contributed by atoms with Crippen molar-refractivity contribution in [3.63, 3.8) is 0 Å². The minimum Gasteiger partial charge on any atom is -0.367 e. The third-order valence-corrected chi connectivity index (χ3v) is 4.03. The number of rotatable bonds is 6. The van der Waals surface area contributed by atoms with Crippen LogP contribution in [0.4, 0.5) is 17.3 Å². The van der Waals surface area contributed by atoms with Crippen LogP contribution in [-0.4, -0.2) is 16.0 Å². The summed E-state index contributed by atoms with van der Waals surface area (Å²) in [5, 5.41) is 15.8. The molecule has 3 rings (SSSR count). The molecule has 1 atom stereocenters. The van der Waals surface area contributed by atoms with Crippen LogP contribution in [0, 0.1) is 11.3 Å². The lowest BCUT2D eigenvalue weighted by Gasteiger charge is -2.15. The van der Waals surface area contributed by atoms with Gasteiger partial charge in [-0.15, -0.1) is 0 Å². The molecule has 0 spiro atoms. The quantitative estimate of drug-likeness (QED) is 0.661. The van der Waals surface area contributed by atoms with Crippen molar-refractivity contribution in [2.24, 2.45) is 0 Å². The number of nitriles is 1. The summed E-state index contributed by atoms with van der Waals surface area (Å²) in [5.74, 6) is 2.10. The van der Waals surface area contributed by atoms with Crippen molar-refractivity contribution in [2.45, 2.75) is 26.3 Å². The van der Waals surface area contributed by atoms with Crippen LogP contribution in [0.5, 0.6) is 0 Å². The van der Waals surface area contributed by atoms with Gasteiger partial charge in [0.2, 0.25) is 0 Å². The van der Waals surface area contributed by atoms with Crippen molar-refractivity contribution in [2.75, 3.05) is 10.6 Å². The number of nitrogens with one attached hydrogen (secondary N) is 2. The zero-order valence-corrected chi connectivity index (χ0v) is 14.9. The van der Waals surface area contributed by atoms with Crippen LogP contribution in [0.15, 0.2) is 60.7 Å². The second-order valence-corrected chi connectivity index (χ2v) is 6.10. The van der Waals surface area contributed by atoms with Gasteiger partial charge in [-0.05, 0) is 31.5 Å². The predicted octanol–water partition coefficient (Wildman–Crippen LogP) is 4.97. The lowest BCUT2D eigenvalue weighted by atomic mass is 10.2. The summed E-state index contributed by atoms with van der Waals surface area (Å²) < 4.78 is 0. The molecule has 0 saturated carbocycles. The zero-order chi connectivity index (χ0) is 18.4. The van der Waals surface area contributed by atoms with Crippen LogP contribution < -0.4 is 10.6 Å². The van der Waals surface area contributed by atoms with Crippen LogP contribution in [-0.2, 0) is 0 Å². The van der Waals surface area contributed by atoms with Gasteiger partial charge in [-0.2, -0.15) is 5.26 Å². The highest BCUT2D eigenvalue weighted by Gasteiger charge is 2.09. The number of hydrogen-bond acceptors (Lipinski definition) is 5. The van der Waals surface area contributed by atoms with E-state index < -0.39 is 0 Å². The van der Waals surface area contributed by atoms with Crippen LogP contribution >= 0.6 is 0 Å². The van der Waals surface area contributed by atoms with Gasteiger partial charge in [-0.3, -0.25) is 0 Å². The summed E-state index contributed by atoms with van der Waals surface area (Å²) in [7, 11) is 0. The van der Waals surface area contributed by atoms with Gasteiger partial charge in [0.25, 0.3) is 0 Å². The highest BCUT2D eigenvalue weighted by atomic mass is 15.1. The topological polar surface area (TPSA) is 73.6 Å². The molecule has 0 aliphatic rings. The lowest BCUT2D eigenvalue weighted by Crippen LogP contribution is -2.15. The second kappa shape index (κ2) is 8.13. The van der Waals surface area contributed by atoms with Crippen molar-refractivity contribution >= 4 is 17.3 Å². The molecule has 1 heterocycles. The van der Waals surface area contributed by atoms with E-state index >= 15 is 0 Å². The highest BCUT2D eigenvalue weighted by Crippen LogP contribution is 2.23. The van der Waals surface area contributed by atoms with Gasteiger partial charge in [-0.1, -0.05) is 43.3 Å². The Morgan fingerprint density at radius 2 is 1.77 bits per heavy atom. The maximum absolute atomic E-state index is 9.08. The zero-order valence-electron chi connectivity index (χ0n) is 14.9. The molecular weight excluding hydrogens is 322 g/mol. The Morgan fingerprint density at radius 3 is 2.50 bits per heavy atom. The van der Waals surface area contributed by atoms with Crippen molar-refractivity contribution in [1.29, 1.82) is 5.26 Å². The SMILES string of the molecule is CCC(C)Nc1cc(Nc2cccc(C#N)c2)nc(-c2ccccc2)n1. The molecule has 0 amide bonds. The van der Waals surface area contributed by atoms with Gasteiger partial charge in [0, 0.05) is 23.4 Å². The molecule has 1 unspecified atom stereocenters. The van der Waals surface area contributed by atoms with Crippen molar-refractivity contribution in [3.8, 4) is 17.5 Å². The number of hydrogen-bond donors (Lipinski definition) is 2. The van der Waals surface area contributed by atoms with E-state index in [0.29, 0.717) is 23.2 Å². The minimum absolute atomic E-state index is 0.309. The standard InChI is InChI=1S/C21H21N5/c1-3-15(2)23-19-13-20(24-18-11-7-8-16(12-18)14-22)26-21(25-19)17-9-5-4-6-10-17/h4-13,15H,3H2,1-2H3,(H2,23,24,25,26). The lowest BCUT2D eigenvalue weighted by molar-refractivity contribution is 0.759. The molecule has 3 aromatic rings. The first kappa shape index (κ1) is 17.4. The van der Waals surface area contributed by atoms with E-state index in [1.807, 2.05) is 48.5 Å². The highest BCUT2D eigenvalue weighted by molar-refractivity contribution is 5.65. The molecule has 0 fully saturated rings. The van der Waals surface area contributed by atoms with Crippen molar-refractivity contribution in [1.82, 2.24) is 9.97 Å². The molecule has 2 aromatic carbocycles. The first-order valence-electron chi connectivity index (χ1n) is 8.66. The first-order valence-corrected chi connectivity index (χ1v) is 8.66. The van der Waals surface area contributed by atoms with Crippen molar-refractivity contribution in [3.05, 3.63) is 66.2 Å². The van der Waals surface area contributed by atoms with E-state index in [1.165, 1.54) is 0 Å². The van der Waals surface area contributed by atoms with E-state index in [-0.39, 0.29) is 0 Å². The normalized spacial score (nSPS) is 11.4. The molecule has 0 bridgehead atoms. The van der Waals surface area contributed by atoms with Gasteiger partial charge in [0.1, 0.15) is 11.6 Å². The molecular formula is C21H21N5. The van der Waals surface area contributed by atoms with Gasteiger partial charge in [0.15, 0.2) is 5.82 Å². The fourth-order valence-corrected chi connectivity index (χ4v) is 2.47. The Balaban J connectivity index is 1.97. The maximum Gasteiger partial charge on any atom is 0.163 e. The van der Waals surface area contributed by atoms with E-state index in [4.69, 9.17) is 5.26 Å². The third kappa shape index (κ3) is 4.37. The number of aromatic nitrogens is 2. The first-order chi connectivity index (χ1) is 12.7. The molecule has 1 aromatic heterocycles. The monoisotopic (exact) mass is 343 g/mol. The fourth-order valence-electron chi connectivity index (χ4n) is 2.47. The van der Waals surface area contributed by atoms with E-state index in [0.717, 1.165) is 23.5 Å². The third-order valence-electron chi connectivity index (χ3n) is 4.03. The minimum atomic E-state index is 0.309. The molecule has 5 heteroatoms. The van der Waals surface area contributed by atoms with Gasteiger partial charge >= 0.3 is 0 Å². The van der Waals surface area contributed by atoms with E-state index in [2.05, 4.69) is 40.5 Å². The fraction of sp³-hybridized carbons (Fsp3) is 0.190. The molecule has 2 N–H and O–H groups in total. The molecule has 0 aliphatic heterocycles. The predicted molar refractivity (Wildman–Crippen MR) is 105 cm³/mol. The summed E-state index contributed by atoms with van der Waals surface area (Å²) >= 11 is 0. The average Bonchev–Trinajstić information content (AvgIpc) is 2.68. The summed E-state index contributed by atoms with van der Waals surface area (Å²) in [6, 6.07) is 21.6. The molecule has 0 aliphatic carbocycles. The summed E-state index contributed by atoms with van der Waals surface area (Å²) in [4.78, 5) is 9.29. The largest absolute Gasteiger partial charge is 0.367 e. The molecule has 0 saturated heterocycles. The Kier molecular flexibility index (Phi) is 5.45. The maximum atomic E-state index is 9.08. The van der Waals surface area contributed by atoms with Gasteiger partial charge in [0.05, 0.1) is 11.6 Å². The van der Waals surface area contributed by atoms with Gasteiger partial charge < -0.3 is 10.6 Å². The summed E-state index contributed by atoms with van der Waals surface area (Å²) in [6.45, 7) is 4.25. The van der Waals surface area contributed by atoms with Crippen LogP contribution in [0.25, 0.3) is 11.4 Å². The summed E-state index contributed by atoms with van der Waals surface area (Å²) in [6.07, 6.45) is 0.998. The van der Waals surface area contributed by atoms with Crippen LogP contribution in [0.3, 0.4) is 0 Å². The molecule has 5 nitrogen and oxygen atoms in total. The summed E-state index contributed by atoms with van der Waals surface area (Å²) in [5.41, 5.74) is 2.37. The Morgan fingerprint density at radius 1 is 1.00 bits per heavy atom. The van der Waals surface area contributed by atoms with Gasteiger partial charge in [-0.25, -0.2) is 9.97 Å². The number of anilines is 3. The van der Waals surface area contributed by atoms with Crippen LogP contribution in [0.2, 0.25) is 0 Å².